The van der Waals surface area contributed by atoms with Crippen LogP contribution in [0.2, 0.25) is 0 Å². The lowest BCUT2D eigenvalue weighted by atomic mass is 10.1. The minimum atomic E-state index is -1.47. The average molecular weight is 163 g/mol. The van der Waals surface area contributed by atoms with Crippen molar-refractivity contribution in [2.75, 3.05) is 6.61 Å². The summed E-state index contributed by atoms with van der Waals surface area (Å²) in [6.07, 6.45) is -1.47. The molecule has 0 amide bonds. The summed E-state index contributed by atoms with van der Waals surface area (Å²) >= 11 is 0. The second-order valence-corrected chi connectivity index (χ2v) is 2.63. The van der Waals surface area contributed by atoms with Gasteiger partial charge in [-0.05, 0) is 6.92 Å². The van der Waals surface area contributed by atoms with Crippen LogP contribution in [0.15, 0.2) is 0 Å². The summed E-state index contributed by atoms with van der Waals surface area (Å²) in [6, 6.07) is 0. The first-order chi connectivity index (χ1) is 4.90. The monoisotopic (exact) mass is 163 g/mol. The maximum Gasteiger partial charge on any atom is 0.305 e. The summed E-state index contributed by atoms with van der Waals surface area (Å²) in [4.78, 5) is 10.3. The van der Waals surface area contributed by atoms with Crippen LogP contribution < -0.4 is 5.73 Å². The fourth-order valence-corrected chi connectivity index (χ4v) is 0.370. The molecule has 4 N–H and O–H groups in total. The van der Waals surface area contributed by atoms with Gasteiger partial charge >= 0.3 is 5.97 Å². The fraction of sp³-hybridized carbons (Fsp3) is 0.833. The van der Waals surface area contributed by atoms with Crippen LogP contribution in [0.4, 0.5) is 0 Å². The normalized spacial score (nSPS) is 18.6. The van der Waals surface area contributed by atoms with Gasteiger partial charge in [-0.3, -0.25) is 4.79 Å². The van der Waals surface area contributed by atoms with Crippen LogP contribution in [0.1, 0.15) is 13.8 Å². The Kier molecular flexibility index (Phi) is 3.44. The number of hydrogen-bond donors (Lipinski definition) is 3. The lowest BCUT2D eigenvalue weighted by Crippen LogP contribution is -2.52. The van der Waals surface area contributed by atoms with Gasteiger partial charge in [-0.15, -0.1) is 0 Å². The third-order valence-corrected chi connectivity index (χ3v) is 1.18. The van der Waals surface area contributed by atoms with Crippen LogP contribution >= 0.6 is 0 Å². The maximum absolute atomic E-state index is 10.3. The summed E-state index contributed by atoms with van der Waals surface area (Å²) in [5.74, 6) is -0.636. The van der Waals surface area contributed by atoms with E-state index in [-0.39, 0.29) is 0 Å². The molecule has 5 heteroatoms. The van der Waals surface area contributed by atoms with Gasteiger partial charge in [-0.1, -0.05) is 0 Å². The molecule has 0 radical (unpaired) electrons. The first-order valence-corrected chi connectivity index (χ1v) is 3.15. The van der Waals surface area contributed by atoms with Gasteiger partial charge in [0, 0.05) is 6.92 Å². The number of carbonyl (C=O) groups is 1. The van der Waals surface area contributed by atoms with E-state index in [1.807, 2.05) is 0 Å². The zero-order valence-corrected chi connectivity index (χ0v) is 6.57. The highest BCUT2D eigenvalue weighted by Crippen LogP contribution is 2.06. The molecule has 0 saturated heterocycles. The van der Waals surface area contributed by atoms with Crippen molar-refractivity contribution in [2.24, 2.45) is 5.73 Å². The number of hydrogen-bond acceptors (Lipinski definition) is 5. The van der Waals surface area contributed by atoms with Crippen molar-refractivity contribution >= 4 is 5.97 Å². The Morgan fingerprint density at radius 1 is 1.82 bits per heavy atom. The third-order valence-electron chi connectivity index (χ3n) is 1.18. The molecule has 2 atom stereocenters. The van der Waals surface area contributed by atoms with Crippen LogP contribution in [-0.4, -0.2) is 34.6 Å². The Morgan fingerprint density at radius 3 is 2.55 bits per heavy atom. The molecule has 0 heterocycles. The minimum absolute atomic E-state index is 0.457. The molecule has 0 aliphatic carbocycles. The molecule has 0 aliphatic rings. The number of aliphatic hydroxyl groups excluding tert-OH is 2. The SMILES string of the molecule is CC(=O)OC(O)C(C)(N)CO. The van der Waals surface area contributed by atoms with E-state index in [9.17, 15) is 4.79 Å². The molecule has 0 fully saturated rings. The highest BCUT2D eigenvalue weighted by Gasteiger charge is 2.30. The third kappa shape index (κ3) is 3.31. The van der Waals surface area contributed by atoms with Gasteiger partial charge in [-0.25, -0.2) is 0 Å². The van der Waals surface area contributed by atoms with Gasteiger partial charge in [0.25, 0.3) is 0 Å². The maximum atomic E-state index is 10.3. The summed E-state index contributed by atoms with van der Waals surface area (Å²) in [6.45, 7) is 2.07. The molecular formula is C6H13NO4. The zero-order chi connectivity index (χ0) is 9.07. The van der Waals surface area contributed by atoms with Crippen LogP contribution in [0.5, 0.6) is 0 Å². The molecule has 11 heavy (non-hydrogen) atoms. The number of rotatable bonds is 3. The predicted octanol–water partition coefficient (Wildman–Crippen LogP) is -1.42. The molecule has 0 bridgehead atoms. The van der Waals surface area contributed by atoms with Crippen LogP contribution in [0.25, 0.3) is 0 Å². The quantitative estimate of drug-likeness (QED) is 0.350. The smallest absolute Gasteiger partial charge is 0.305 e. The highest BCUT2D eigenvalue weighted by atomic mass is 16.6. The molecule has 0 rings (SSSR count). The molecule has 0 aromatic rings. The van der Waals surface area contributed by atoms with Crippen molar-refractivity contribution in [3.63, 3.8) is 0 Å². The lowest BCUT2D eigenvalue weighted by molar-refractivity contribution is -0.179. The molecule has 66 valence electrons. The molecule has 0 aromatic heterocycles. The summed E-state index contributed by atoms with van der Waals surface area (Å²) in [7, 11) is 0. The average Bonchev–Trinajstić information content (AvgIpc) is 1.86. The van der Waals surface area contributed by atoms with Crippen molar-refractivity contribution in [1.82, 2.24) is 0 Å². The van der Waals surface area contributed by atoms with Gasteiger partial charge in [0.1, 0.15) is 0 Å². The van der Waals surface area contributed by atoms with Gasteiger partial charge in [0.15, 0.2) is 0 Å². The van der Waals surface area contributed by atoms with E-state index in [1.54, 1.807) is 0 Å². The Hall–Kier alpha value is -0.650. The van der Waals surface area contributed by atoms with Crippen LogP contribution in [0.3, 0.4) is 0 Å². The number of ether oxygens (including phenoxy) is 1. The van der Waals surface area contributed by atoms with Crippen molar-refractivity contribution in [1.29, 1.82) is 0 Å². The van der Waals surface area contributed by atoms with E-state index in [0.29, 0.717) is 0 Å². The molecule has 0 aliphatic heterocycles. The first-order valence-electron chi connectivity index (χ1n) is 3.15. The standard InChI is InChI=1S/C6H13NO4/c1-4(9)11-5(10)6(2,7)3-8/h5,8,10H,3,7H2,1-2H3. The molecule has 0 saturated carbocycles. The number of carbonyl (C=O) groups excluding carboxylic acids is 1. The van der Waals surface area contributed by atoms with Crippen molar-refractivity contribution in [2.45, 2.75) is 25.7 Å². The Morgan fingerprint density at radius 2 is 2.27 bits per heavy atom. The number of nitrogens with two attached hydrogens (primary N) is 1. The molecule has 0 spiro atoms. The number of aliphatic hydroxyl groups is 2. The van der Waals surface area contributed by atoms with Gasteiger partial charge in [0.05, 0.1) is 12.1 Å². The van der Waals surface area contributed by atoms with E-state index >= 15 is 0 Å². The predicted molar refractivity (Wildman–Crippen MR) is 37.5 cm³/mol. The summed E-state index contributed by atoms with van der Waals surface area (Å²) in [5.41, 5.74) is 4.03. The van der Waals surface area contributed by atoms with Crippen molar-refractivity contribution in [3.05, 3.63) is 0 Å². The molecule has 2 unspecified atom stereocenters. The molecule has 0 aromatic carbocycles. The number of esters is 1. The molecular weight excluding hydrogens is 150 g/mol. The van der Waals surface area contributed by atoms with E-state index < -0.39 is 24.4 Å². The van der Waals surface area contributed by atoms with Crippen LogP contribution in [-0.2, 0) is 9.53 Å². The largest absolute Gasteiger partial charge is 0.434 e. The fourth-order valence-electron chi connectivity index (χ4n) is 0.370. The Bertz CT molecular complexity index is 146. The second-order valence-electron chi connectivity index (χ2n) is 2.63. The van der Waals surface area contributed by atoms with E-state index in [4.69, 9.17) is 15.9 Å². The van der Waals surface area contributed by atoms with Crippen molar-refractivity contribution in [3.8, 4) is 0 Å². The zero-order valence-electron chi connectivity index (χ0n) is 6.57. The highest BCUT2D eigenvalue weighted by molar-refractivity contribution is 5.66. The molecule has 5 nitrogen and oxygen atoms in total. The second kappa shape index (κ2) is 3.66. The Balaban J connectivity index is 4.01. The lowest BCUT2D eigenvalue weighted by Gasteiger charge is -2.26. The van der Waals surface area contributed by atoms with E-state index in [0.717, 1.165) is 6.92 Å². The van der Waals surface area contributed by atoms with Crippen molar-refractivity contribution < 1.29 is 19.7 Å². The van der Waals surface area contributed by atoms with Crippen LogP contribution in [0, 0.1) is 0 Å². The minimum Gasteiger partial charge on any atom is -0.434 e. The van der Waals surface area contributed by atoms with Gasteiger partial charge in [0.2, 0.25) is 6.29 Å². The Labute approximate surface area is 64.8 Å². The van der Waals surface area contributed by atoms with Gasteiger partial charge < -0.3 is 20.7 Å². The van der Waals surface area contributed by atoms with E-state index in [1.165, 1.54) is 6.92 Å². The van der Waals surface area contributed by atoms with E-state index in [2.05, 4.69) is 4.74 Å². The topological polar surface area (TPSA) is 92.8 Å². The summed E-state index contributed by atoms with van der Waals surface area (Å²) < 4.78 is 4.34. The van der Waals surface area contributed by atoms with Gasteiger partial charge in [-0.2, -0.15) is 0 Å². The summed E-state index contributed by atoms with van der Waals surface area (Å²) in [5, 5.41) is 17.6. The first kappa shape index (κ1) is 10.3.